The average molecular weight is 1080 g/mol. The van der Waals surface area contributed by atoms with E-state index in [-0.39, 0.29) is 12.2 Å². The summed E-state index contributed by atoms with van der Waals surface area (Å²) < 4.78 is 0. The number of carbonyl (C=O) groups excluding carboxylic acids is 9. The van der Waals surface area contributed by atoms with Gasteiger partial charge in [0.05, 0.1) is 38.1 Å². The number of thioether (sulfide) groups is 1. The van der Waals surface area contributed by atoms with Gasteiger partial charge in [-0.25, -0.2) is 4.79 Å². The van der Waals surface area contributed by atoms with Gasteiger partial charge in [0.15, 0.2) is 0 Å². The van der Waals surface area contributed by atoms with Crippen molar-refractivity contribution in [1.82, 2.24) is 47.9 Å². The molecule has 34 heteroatoms. The number of hydrogen-bond acceptors (Lipinski definition) is 19. The van der Waals surface area contributed by atoms with Crippen LogP contribution in [0.5, 0.6) is 0 Å². The highest BCUT2D eigenvalue weighted by Gasteiger charge is 2.36. The Bertz CT molecular complexity index is 2080. The highest BCUT2D eigenvalue weighted by Crippen LogP contribution is 2.08. The maximum atomic E-state index is 13.6. The Hall–Kier alpha value is -7.72. The molecule has 0 bridgehead atoms. The van der Waals surface area contributed by atoms with E-state index in [1.165, 1.54) is 18.7 Å². The van der Waals surface area contributed by atoms with Crippen molar-refractivity contribution in [2.24, 2.45) is 5.73 Å². The van der Waals surface area contributed by atoms with E-state index in [0.717, 1.165) is 6.92 Å². The Morgan fingerprint density at radius 3 is 1.23 bits per heavy atom. The summed E-state index contributed by atoms with van der Waals surface area (Å²) in [7, 11) is 0. The molecule has 19 N–H and O–H groups in total. The van der Waals surface area contributed by atoms with Gasteiger partial charge in [0.1, 0.15) is 48.3 Å². The first kappa shape index (κ1) is 66.3. The van der Waals surface area contributed by atoms with Crippen molar-refractivity contribution < 1.29 is 113 Å². The largest absolute Gasteiger partial charge is 0.481 e. The molecule has 0 aliphatic rings. The summed E-state index contributed by atoms with van der Waals surface area (Å²) in [5, 5.41) is 94.6. The van der Waals surface area contributed by atoms with Crippen LogP contribution in [0.2, 0.25) is 0 Å². The van der Waals surface area contributed by atoms with Crippen LogP contribution in [0.1, 0.15) is 71.6 Å². The quantitative estimate of drug-likeness (QED) is 0.0275. The number of carbonyl (C=O) groups is 15. The molecule has 10 atom stereocenters. The lowest BCUT2D eigenvalue weighted by atomic mass is 10.1. The number of aliphatic hydroxyl groups excluding tert-OH is 2. The van der Waals surface area contributed by atoms with E-state index >= 15 is 0 Å². The maximum Gasteiger partial charge on any atom is 0.326 e. The predicted octanol–water partition coefficient (Wildman–Crippen LogP) is -7.92. The summed E-state index contributed by atoms with van der Waals surface area (Å²) >= 11 is 1.17. The molecule has 0 saturated carbocycles. The van der Waals surface area contributed by atoms with Crippen LogP contribution in [0.25, 0.3) is 0 Å². The smallest absolute Gasteiger partial charge is 0.326 e. The SMILES string of the molecule is CSCC[C@H](NC(=O)[C@H](CC(=O)O)NC(=O)[C@H](CO)NC(=O)[C@@H](NC(=O)[C@H](CCC(=O)O)NC(=O)[C@H](CC(=O)O)NC(=O)CNC(=O)[C@H](CCC(=O)O)NC(=O)[C@H](C)N)[C@@H](C)O)C(=O)N[C@@H](CCC(=O)O)C(=O)O. The highest BCUT2D eigenvalue weighted by atomic mass is 32.2. The Morgan fingerprint density at radius 1 is 0.446 bits per heavy atom. The fourth-order valence-electron chi connectivity index (χ4n) is 5.91. The molecule has 0 aliphatic heterocycles. The molecule has 9 amide bonds. The van der Waals surface area contributed by atoms with Gasteiger partial charge in [-0.2, -0.15) is 11.8 Å². The third-order valence-electron chi connectivity index (χ3n) is 9.82. The molecular formula is C40H62N10O23S. The molecule has 0 saturated heterocycles. The van der Waals surface area contributed by atoms with E-state index in [4.69, 9.17) is 15.9 Å². The molecule has 0 aromatic heterocycles. The molecular weight excluding hydrogens is 1020 g/mol. The van der Waals surface area contributed by atoms with Crippen LogP contribution < -0.4 is 53.6 Å². The standard InChI is InChI=1S/C40H62N10O23S/c1-16(41)32(64)44-18(4-7-26(54)55)33(65)42-14-25(53)43-22(12-29(60)61)36(68)45-19(5-8-27(56)57)35(67)50-31(17(2)52)39(71)49-24(15-51)38(70)48-23(13-30(62)63)37(69)46-20(10-11-74-3)34(66)47-21(40(72)73)6-9-28(58)59/h16-24,31,51-52H,4-15,41H2,1-3H3,(H,42,65)(H,43,53)(H,44,64)(H,45,68)(H,46,69)(H,47,66)(H,48,70)(H,49,71)(H,50,67)(H,54,55)(H,56,57)(H,58,59)(H,60,61)(H,62,63)(H,72,73)/t16-,17+,18-,19-,20-,21-,22-,23-,24-,31-/m0/s1. The van der Waals surface area contributed by atoms with Gasteiger partial charge in [-0.1, -0.05) is 0 Å². The highest BCUT2D eigenvalue weighted by molar-refractivity contribution is 7.98. The zero-order chi connectivity index (χ0) is 57.0. The first-order chi connectivity index (χ1) is 34.4. The lowest BCUT2D eigenvalue weighted by Crippen LogP contribution is -2.62. The Morgan fingerprint density at radius 2 is 0.811 bits per heavy atom. The number of amides is 9. The fourth-order valence-corrected chi connectivity index (χ4v) is 6.39. The lowest BCUT2D eigenvalue weighted by Gasteiger charge is -2.28. The van der Waals surface area contributed by atoms with Crippen molar-refractivity contribution >= 4 is 101 Å². The van der Waals surface area contributed by atoms with E-state index in [9.17, 15) is 103 Å². The minimum Gasteiger partial charge on any atom is -0.481 e. The molecule has 416 valence electrons. The summed E-state index contributed by atoms with van der Waals surface area (Å²) in [5.74, 6) is -20.6. The molecule has 0 rings (SSSR count). The first-order valence-electron chi connectivity index (χ1n) is 22.0. The zero-order valence-corrected chi connectivity index (χ0v) is 40.8. The van der Waals surface area contributed by atoms with E-state index in [2.05, 4.69) is 21.3 Å². The number of aliphatic carboxylic acids is 6. The summed E-state index contributed by atoms with van der Waals surface area (Å²) in [6.07, 6.45) is -6.86. The first-order valence-corrected chi connectivity index (χ1v) is 23.4. The second-order valence-electron chi connectivity index (χ2n) is 16.0. The number of carboxylic acids is 6. The normalized spacial score (nSPS) is 14.8. The van der Waals surface area contributed by atoms with Crippen molar-refractivity contribution in [2.75, 3.05) is 25.2 Å². The van der Waals surface area contributed by atoms with E-state index in [1.54, 1.807) is 6.26 Å². The second-order valence-corrected chi connectivity index (χ2v) is 17.0. The fraction of sp³-hybridized carbons (Fsp3) is 0.625. The number of nitrogens with one attached hydrogen (secondary N) is 9. The van der Waals surface area contributed by atoms with Crippen molar-refractivity contribution in [2.45, 2.75) is 132 Å². The van der Waals surface area contributed by atoms with Crippen molar-refractivity contribution in [1.29, 1.82) is 0 Å². The molecule has 0 aliphatic carbocycles. The van der Waals surface area contributed by atoms with Crippen LogP contribution in [0.4, 0.5) is 0 Å². The maximum absolute atomic E-state index is 13.6. The summed E-state index contributed by atoms with van der Waals surface area (Å²) in [6.45, 7) is -0.129. The number of carboxylic acid groups (broad SMARTS) is 6. The van der Waals surface area contributed by atoms with Gasteiger partial charge < -0.3 is 94.4 Å². The Balaban J connectivity index is 6.33. The predicted molar refractivity (Wildman–Crippen MR) is 247 cm³/mol. The van der Waals surface area contributed by atoms with Crippen LogP contribution in [0.3, 0.4) is 0 Å². The van der Waals surface area contributed by atoms with E-state index < -0.39 is 214 Å². The van der Waals surface area contributed by atoms with Gasteiger partial charge in [-0.05, 0) is 51.5 Å². The van der Waals surface area contributed by atoms with E-state index in [1.807, 2.05) is 26.6 Å². The Labute approximate surface area is 423 Å². The molecule has 0 unspecified atom stereocenters. The van der Waals surface area contributed by atoms with Crippen LogP contribution >= 0.6 is 11.8 Å². The van der Waals surface area contributed by atoms with Gasteiger partial charge in [-0.3, -0.25) is 67.1 Å². The molecule has 0 spiro atoms. The third kappa shape index (κ3) is 26.6. The van der Waals surface area contributed by atoms with Gasteiger partial charge in [0.25, 0.3) is 0 Å². The molecule has 33 nitrogen and oxygen atoms in total. The van der Waals surface area contributed by atoms with Gasteiger partial charge in [0, 0.05) is 19.3 Å². The van der Waals surface area contributed by atoms with Gasteiger partial charge in [0.2, 0.25) is 53.2 Å². The van der Waals surface area contributed by atoms with Crippen molar-refractivity contribution in [3.05, 3.63) is 0 Å². The summed E-state index contributed by atoms with van der Waals surface area (Å²) in [5.41, 5.74) is 5.47. The minimum absolute atomic E-state index is 0.154. The number of rotatable bonds is 37. The lowest BCUT2D eigenvalue weighted by molar-refractivity contribution is -0.144. The van der Waals surface area contributed by atoms with Gasteiger partial charge in [-0.15, -0.1) is 0 Å². The van der Waals surface area contributed by atoms with Crippen LogP contribution in [0.15, 0.2) is 0 Å². The molecule has 0 aromatic rings. The van der Waals surface area contributed by atoms with Crippen LogP contribution in [0, 0.1) is 0 Å². The number of hydrogen-bond donors (Lipinski definition) is 18. The van der Waals surface area contributed by atoms with Gasteiger partial charge >= 0.3 is 35.8 Å². The monoisotopic (exact) mass is 1080 g/mol. The topological polar surface area (TPSA) is 552 Å². The summed E-state index contributed by atoms with van der Waals surface area (Å²) in [6, 6.07) is -16.3. The average Bonchev–Trinajstić information content (AvgIpc) is 3.29. The molecule has 74 heavy (non-hydrogen) atoms. The number of nitrogens with two attached hydrogens (primary N) is 1. The summed E-state index contributed by atoms with van der Waals surface area (Å²) in [4.78, 5) is 186. The van der Waals surface area contributed by atoms with E-state index in [0.29, 0.717) is 0 Å². The van der Waals surface area contributed by atoms with Crippen molar-refractivity contribution in [3.63, 3.8) is 0 Å². The number of aliphatic hydroxyl groups is 2. The second kappa shape index (κ2) is 33.8. The molecule has 0 heterocycles. The van der Waals surface area contributed by atoms with Crippen LogP contribution in [-0.2, 0) is 71.9 Å². The third-order valence-corrected chi connectivity index (χ3v) is 10.5. The molecule has 0 radical (unpaired) electrons. The molecule has 0 aromatic carbocycles. The van der Waals surface area contributed by atoms with Crippen molar-refractivity contribution in [3.8, 4) is 0 Å². The van der Waals surface area contributed by atoms with Crippen LogP contribution in [-0.4, -0.2) is 215 Å². The molecule has 0 fully saturated rings. The zero-order valence-electron chi connectivity index (χ0n) is 39.9. The Kier molecular flexibility index (Phi) is 30.3. The minimum atomic E-state index is -2.14.